The average Bonchev–Trinajstić information content (AvgIpc) is 1.78. The smallest absolute Gasteiger partial charge is 0.171 e. The zero-order chi connectivity index (χ0) is 11.6. The molecule has 0 saturated carbocycles. The fraction of sp³-hybridized carbons (Fsp3) is 0.818. The first-order valence-corrected chi connectivity index (χ1v) is 6.54. The summed E-state index contributed by atoms with van der Waals surface area (Å²) in [6.45, 7) is 13.7. The molecule has 0 bridgehead atoms. The molecule has 3 heteroatoms. The van der Waals surface area contributed by atoms with E-state index in [1.807, 2.05) is 13.8 Å². The quantitative estimate of drug-likeness (QED) is 0.727. The fourth-order valence-electron chi connectivity index (χ4n) is 2.09. The molecule has 0 atom stereocenters. The highest BCUT2D eigenvalue weighted by Gasteiger charge is 2.29. The first kappa shape index (κ1) is 13.7. The summed E-state index contributed by atoms with van der Waals surface area (Å²) in [5.74, 6) is 0.181. The van der Waals surface area contributed by atoms with E-state index in [1.165, 1.54) is 0 Å². The zero-order valence-electron chi connectivity index (χ0n) is 9.92. The van der Waals surface area contributed by atoms with Crippen molar-refractivity contribution in [1.29, 1.82) is 0 Å². The van der Waals surface area contributed by atoms with Gasteiger partial charge in [0.25, 0.3) is 0 Å². The molecule has 2 nitrogen and oxygen atoms in total. The largest absolute Gasteiger partial charge is 0.224 e. The summed E-state index contributed by atoms with van der Waals surface area (Å²) in [5.41, 5.74) is -0.0362. The predicted octanol–water partition coefficient (Wildman–Crippen LogP) is 3.01. The van der Waals surface area contributed by atoms with Crippen molar-refractivity contribution in [3.8, 4) is 0 Å². The van der Waals surface area contributed by atoms with Gasteiger partial charge in [0.1, 0.15) is 0 Å². The standard InChI is InChI=1S/C11H22O2S/c1-7-14(12,13)9-11(5,6)8-10(2,3)4/h7H,1,8-9H2,2-6H3. The van der Waals surface area contributed by atoms with E-state index in [0.717, 1.165) is 11.8 Å². The Balaban J connectivity index is 4.59. The van der Waals surface area contributed by atoms with Crippen LogP contribution in [0.4, 0.5) is 0 Å². The molecule has 0 aliphatic carbocycles. The number of hydrogen-bond donors (Lipinski definition) is 0. The lowest BCUT2D eigenvalue weighted by molar-refractivity contribution is 0.236. The molecule has 0 rings (SSSR count). The number of hydrogen-bond acceptors (Lipinski definition) is 2. The lowest BCUT2D eigenvalue weighted by Crippen LogP contribution is -2.27. The zero-order valence-corrected chi connectivity index (χ0v) is 10.7. The van der Waals surface area contributed by atoms with Crippen molar-refractivity contribution in [2.45, 2.75) is 41.0 Å². The summed E-state index contributed by atoms with van der Waals surface area (Å²) in [5, 5.41) is 1.05. The van der Waals surface area contributed by atoms with Crippen molar-refractivity contribution in [3.05, 3.63) is 12.0 Å². The molecule has 0 radical (unpaired) electrons. The van der Waals surface area contributed by atoms with Crippen molar-refractivity contribution in [3.63, 3.8) is 0 Å². The predicted molar refractivity (Wildman–Crippen MR) is 61.8 cm³/mol. The Morgan fingerprint density at radius 1 is 1.14 bits per heavy atom. The topological polar surface area (TPSA) is 34.1 Å². The van der Waals surface area contributed by atoms with Crippen molar-refractivity contribution >= 4 is 9.84 Å². The molecule has 14 heavy (non-hydrogen) atoms. The van der Waals surface area contributed by atoms with Crippen LogP contribution in [0, 0.1) is 10.8 Å². The van der Waals surface area contributed by atoms with Gasteiger partial charge in [-0.25, -0.2) is 8.42 Å². The maximum Gasteiger partial charge on any atom is 0.171 e. The van der Waals surface area contributed by atoms with Crippen LogP contribution in [0.1, 0.15) is 41.0 Å². The third kappa shape index (κ3) is 6.19. The Morgan fingerprint density at radius 3 is 1.86 bits per heavy atom. The van der Waals surface area contributed by atoms with E-state index in [9.17, 15) is 8.42 Å². The molecule has 0 fully saturated rings. The van der Waals surface area contributed by atoms with Gasteiger partial charge in [-0.15, -0.1) is 0 Å². The second kappa shape index (κ2) is 4.05. The molecule has 0 heterocycles. The average molecular weight is 218 g/mol. The summed E-state index contributed by atoms with van der Waals surface area (Å²) >= 11 is 0. The van der Waals surface area contributed by atoms with Gasteiger partial charge in [0.2, 0.25) is 0 Å². The van der Waals surface area contributed by atoms with Gasteiger partial charge in [0, 0.05) is 5.41 Å². The van der Waals surface area contributed by atoms with Crippen LogP contribution in [0.5, 0.6) is 0 Å². The SMILES string of the molecule is C=CS(=O)(=O)CC(C)(C)CC(C)(C)C. The molecule has 0 aromatic heterocycles. The molecule has 84 valence electrons. The molecule has 0 aromatic rings. The van der Waals surface area contributed by atoms with Gasteiger partial charge in [-0.2, -0.15) is 0 Å². The van der Waals surface area contributed by atoms with Gasteiger partial charge in [-0.05, 0) is 17.3 Å². The van der Waals surface area contributed by atoms with Gasteiger partial charge in [-0.1, -0.05) is 41.2 Å². The molecule has 0 unspecified atom stereocenters. The van der Waals surface area contributed by atoms with E-state index >= 15 is 0 Å². The second-order valence-electron chi connectivity index (χ2n) is 5.88. The first-order valence-electron chi connectivity index (χ1n) is 4.83. The minimum Gasteiger partial charge on any atom is -0.224 e. The molecule has 0 saturated heterocycles. The van der Waals surface area contributed by atoms with Crippen molar-refractivity contribution < 1.29 is 8.42 Å². The molecule has 0 aromatic carbocycles. The monoisotopic (exact) mass is 218 g/mol. The molecule has 0 aliphatic heterocycles. The highest BCUT2D eigenvalue weighted by Crippen LogP contribution is 2.34. The van der Waals surface area contributed by atoms with Gasteiger partial charge >= 0.3 is 0 Å². The minimum absolute atomic E-state index is 0.153. The third-order valence-corrected chi connectivity index (χ3v) is 3.55. The maximum absolute atomic E-state index is 11.4. The van der Waals surface area contributed by atoms with Gasteiger partial charge in [0.15, 0.2) is 9.84 Å². The van der Waals surface area contributed by atoms with Crippen LogP contribution in [0.3, 0.4) is 0 Å². The lowest BCUT2D eigenvalue weighted by Gasteiger charge is -2.31. The Morgan fingerprint density at radius 2 is 1.57 bits per heavy atom. The maximum atomic E-state index is 11.4. The fourth-order valence-corrected chi connectivity index (χ4v) is 3.40. The summed E-state index contributed by atoms with van der Waals surface area (Å²) < 4.78 is 22.8. The Labute approximate surface area is 88.3 Å². The van der Waals surface area contributed by atoms with Crippen molar-refractivity contribution in [1.82, 2.24) is 0 Å². The molecule has 0 amide bonds. The van der Waals surface area contributed by atoms with E-state index in [-0.39, 0.29) is 16.6 Å². The van der Waals surface area contributed by atoms with E-state index in [4.69, 9.17) is 0 Å². The summed E-state index contributed by atoms with van der Waals surface area (Å²) in [6, 6.07) is 0. The van der Waals surface area contributed by atoms with E-state index < -0.39 is 9.84 Å². The highest BCUT2D eigenvalue weighted by atomic mass is 32.2. The van der Waals surface area contributed by atoms with Crippen LogP contribution < -0.4 is 0 Å². The van der Waals surface area contributed by atoms with Crippen LogP contribution >= 0.6 is 0 Å². The normalized spacial score (nSPS) is 14.1. The van der Waals surface area contributed by atoms with E-state index in [1.54, 1.807) is 0 Å². The molecule has 0 N–H and O–H groups in total. The summed E-state index contributed by atoms with van der Waals surface area (Å²) in [7, 11) is -3.09. The molecule has 0 spiro atoms. The van der Waals surface area contributed by atoms with E-state index in [2.05, 4.69) is 27.4 Å². The van der Waals surface area contributed by atoms with Crippen LogP contribution in [-0.2, 0) is 9.84 Å². The summed E-state index contributed by atoms with van der Waals surface area (Å²) in [4.78, 5) is 0. The highest BCUT2D eigenvalue weighted by molar-refractivity contribution is 7.94. The Kier molecular flexibility index (Phi) is 3.96. The van der Waals surface area contributed by atoms with Gasteiger partial charge in [-0.3, -0.25) is 0 Å². The van der Waals surface area contributed by atoms with Crippen LogP contribution in [0.15, 0.2) is 12.0 Å². The van der Waals surface area contributed by atoms with E-state index in [0.29, 0.717) is 0 Å². The van der Waals surface area contributed by atoms with Crippen LogP contribution in [0.2, 0.25) is 0 Å². The van der Waals surface area contributed by atoms with Gasteiger partial charge < -0.3 is 0 Å². The number of sulfone groups is 1. The second-order valence-corrected chi connectivity index (χ2v) is 7.82. The first-order chi connectivity index (χ1) is 5.97. The molecular formula is C11H22O2S. The Bertz CT molecular complexity index is 292. The minimum atomic E-state index is -3.09. The Hall–Kier alpha value is -0.310. The van der Waals surface area contributed by atoms with Crippen LogP contribution in [0.25, 0.3) is 0 Å². The van der Waals surface area contributed by atoms with Crippen LogP contribution in [-0.4, -0.2) is 14.2 Å². The molecular weight excluding hydrogens is 196 g/mol. The molecule has 0 aliphatic rings. The third-order valence-electron chi connectivity index (χ3n) is 1.85. The number of rotatable bonds is 4. The van der Waals surface area contributed by atoms with Crippen molar-refractivity contribution in [2.75, 3.05) is 5.75 Å². The van der Waals surface area contributed by atoms with Crippen molar-refractivity contribution in [2.24, 2.45) is 10.8 Å². The summed E-state index contributed by atoms with van der Waals surface area (Å²) in [6.07, 6.45) is 0.882. The van der Waals surface area contributed by atoms with Gasteiger partial charge in [0.05, 0.1) is 5.75 Å². The lowest BCUT2D eigenvalue weighted by atomic mass is 9.77.